The summed E-state index contributed by atoms with van der Waals surface area (Å²) in [7, 11) is 1.71. The fourth-order valence-electron chi connectivity index (χ4n) is 2.22. The van der Waals surface area contributed by atoms with Gasteiger partial charge in [-0.3, -0.25) is 9.79 Å². The van der Waals surface area contributed by atoms with E-state index in [-0.39, 0.29) is 29.9 Å². The fraction of sp³-hybridized carbons (Fsp3) is 0.353. The summed E-state index contributed by atoms with van der Waals surface area (Å²) in [5, 5.41) is 10.7. The fourth-order valence-corrected chi connectivity index (χ4v) is 3.32. The minimum atomic E-state index is -0.189. The minimum Gasteiger partial charge on any atom is -0.355 e. The quantitative estimate of drug-likeness (QED) is 0.243. The van der Waals surface area contributed by atoms with Crippen molar-refractivity contribution < 1.29 is 4.79 Å². The van der Waals surface area contributed by atoms with Crippen LogP contribution >= 0.6 is 46.9 Å². The maximum Gasteiger partial charge on any atom is 0.252 e. The molecule has 9 heteroatoms. The number of nitrogens with zero attached hydrogens (tertiary/aromatic N) is 2. The molecule has 0 saturated heterocycles. The molecule has 3 N–H and O–H groups in total. The molecule has 1 amide bonds. The van der Waals surface area contributed by atoms with Crippen molar-refractivity contribution in [1.29, 1.82) is 0 Å². The molecule has 0 aliphatic rings. The van der Waals surface area contributed by atoms with Crippen LogP contribution in [0.4, 0.5) is 0 Å². The van der Waals surface area contributed by atoms with Crippen molar-refractivity contribution in [2.45, 2.75) is 20.4 Å². The van der Waals surface area contributed by atoms with Crippen molar-refractivity contribution in [2.75, 3.05) is 20.1 Å². The standard InChI is InChI=1S/C17H22ClN5OS.HI/c1-11-15(25-12(2)23-11)10-22-17(19-3)21-9-8-20-16(24)13-6-4-5-7-14(13)18;/h4-7H,8-10H2,1-3H3,(H,20,24)(H2,19,21,22);1H. The molecule has 1 aromatic heterocycles. The SMILES string of the molecule is CN=C(NCCNC(=O)c1ccccc1Cl)NCc1sc(C)nc1C.I. The molecule has 0 unspecified atom stereocenters. The number of nitrogens with one attached hydrogen (secondary N) is 3. The summed E-state index contributed by atoms with van der Waals surface area (Å²) in [5.74, 6) is 0.489. The Balaban J connectivity index is 0.00000338. The molecule has 0 spiro atoms. The van der Waals surface area contributed by atoms with Crippen LogP contribution in [0.1, 0.15) is 25.9 Å². The number of halogens is 2. The molecular formula is C17H23ClIN5OS. The second kappa shape index (κ2) is 11.3. The van der Waals surface area contributed by atoms with E-state index in [1.54, 1.807) is 42.6 Å². The zero-order valence-corrected chi connectivity index (χ0v) is 18.8. The van der Waals surface area contributed by atoms with Crippen LogP contribution in [0.15, 0.2) is 29.3 Å². The predicted molar refractivity (Wildman–Crippen MR) is 119 cm³/mol. The van der Waals surface area contributed by atoms with Gasteiger partial charge in [0.2, 0.25) is 0 Å². The number of guanidine groups is 1. The summed E-state index contributed by atoms with van der Waals surface area (Å²) in [6.07, 6.45) is 0. The van der Waals surface area contributed by atoms with Crippen molar-refractivity contribution in [3.05, 3.63) is 50.4 Å². The maximum absolute atomic E-state index is 12.1. The van der Waals surface area contributed by atoms with Crippen molar-refractivity contribution in [3.8, 4) is 0 Å². The molecule has 1 heterocycles. The van der Waals surface area contributed by atoms with Crippen LogP contribution in [0.5, 0.6) is 0 Å². The highest BCUT2D eigenvalue weighted by Gasteiger charge is 2.09. The van der Waals surface area contributed by atoms with Crippen LogP contribution in [-0.4, -0.2) is 37.0 Å². The predicted octanol–water partition coefficient (Wildman–Crippen LogP) is 3.13. The molecule has 0 fully saturated rings. The number of carbonyl (C=O) groups excluding carboxylic acids is 1. The van der Waals surface area contributed by atoms with E-state index < -0.39 is 0 Å². The Morgan fingerprint density at radius 2 is 1.88 bits per heavy atom. The molecule has 0 radical (unpaired) electrons. The lowest BCUT2D eigenvalue weighted by atomic mass is 10.2. The maximum atomic E-state index is 12.1. The van der Waals surface area contributed by atoms with Crippen molar-refractivity contribution in [2.24, 2.45) is 4.99 Å². The van der Waals surface area contributed by atoms with E-state index in [2.05, 4.69) is 25.9 Å². The largest absolute Gasteiger partial charge is 0.355 e. The molecular weight excluding hydrogens is 485 g/mol. The molecule has 0 bridgehead atoms. The van der Waals surface area contributed by atoms with Crippen molar-refractivity contribution >= 4 is 58.8 Å². The number of hydrogen-bond donors (Lipinski definition) is 3. The highest BCUT2D eigenvalue weighted by molar-refractivity contribution is 14.0. The van der Waals surface area contributed by atoms with E-state index in [0.717, 1.165) is 10.7 Å². The van der Waals surface area contributed by atoms with Gasteiger partial charge in [-0.25, -0.2) is 4.98 Å². The third kappa shape index (κ3) is 6.73. The first-order valence-corrected chi connectivity index (χ1v) is 9.11. The molecule has 142 valence electrons. The highest BCUT2D eigenvalue weighted by atomic mass is 127. The summed E-state index contributed by atoms with van der Waals surface area (Å²) in [4.78, 5) is 21.8. The molecule has 0 aliphatic carbocycles. The minimum absolute atomic E-state index is 0. The normalized spacial score (nSPS) is 10.8. The summed E-state index contributed by atoms with van der Waals surface area (Å²) >= 11 is 7.68. The number of benzene rings is 1. The summed E-state index contributed by atoms with van der Waals surface area (Å²) < 4.78 is 0. The molecule has 2 rings (SSSR count). The van der Waals surface area contributed by atoms with Gasteiger partial charge < -0.3 is 16.0 Å². The van der Waals surface area contributed by atoms with Crippen molar-refractivity contribution in [1.82, 2.24) is 20.9 Å². The third-order valence-corrected chi connectivity index (χ3v) is 4.86. The van der Waals surface area contributed by atoms with Crippen LogP contribution in [-0.2, 0) is 6.54 Å². The Kier molecular flexibility index (Phi) is 9.89. The summed E-state index contributed by atoms with van der Waals surface area (Å²) in [6, 6.07) is 6.98. The topological polar surface area (TPSA) is 78.4 Å². The van der Waals surface area contributed by atoms with Crippen LogP contribution in [0, 0.1) is 13.8 Å². The zero-order chi connectivity index (χ0) is 18.2. The Hall–Kier alpha value is -1.39. The molecule has 6 nitrogen and oxygen atoms in total. The number of thiazole rings is 1. The molecule has 0 aliphatic heterocycles. The van der Waals surface area contributed by atoms with E-state index in [1.807, 2.05) is 13.8 Å². The lowest BCUT2D eigenvalue weighted by Crippen LogP contribution is -2.41. The van der Waals surface area contributed by atoms with Crippen LogP contribution in [0.25, 0.3) is 0 Å². The molecule has 2 aromatic rings. The van der Waals surface area contributed by atoms with Crippen molar-refractivity contribution in [3.63, 3.8) is 0 Å². The number of rotatable bonds is 6. The van der Waals surface area contributed by atoms with Gasteiger partial charge in [0.1, 0.15) is 0 Å². The van der Waals surface area contributed by atoms with Gasteiger partial charge in [-0.05, 0) is 26.0 Å². The number of amides is 1. The average molecular weight is 508 g/mol. The number of aromatic nitrogens is 1. The van der Waals surface area contributed by atoms with E-state index in [4.69, 9.17) is 11.6 Å². The van der Waals surface area contributed by atoms with Gasteiger partial charge in [-0.1, -0.05) is 23.7 Å². The second-order valence-electron chi connectivity index (χ2n) is 5.33. The van der Waals surface area contributed by atoms with E-state index in [9.17, 15) is 4.79 Å². The average Bonchev–Trinajstić information content (AvgIpc) is 2.92. The van der Waals surface area contributed by atoms with E-state index >= 15 is 0 Å². The molecule has 26 heavy (non-hydrogen) atoms. The van der Waals surface area contributed by atoms with Gasteiger partial charge in [0, 0.05) is 25.0 Å². The van der Waals surface area contributed by atoms with Gasteiger partial charge in [0.05, 0.1) is 27.8 Å². The lowest BCUT2D eigenvalue weighted by Gasteiger charge is -2.12. The molecule has 1 aromatic carbocycles. The van der Waals surface area contributed by atoms with Gasteiger partial charge in [0.15, 0.2) is 5.96 Å². The smallest absolute Gasteiger partial charge is 0.252 e. The Bertz CT molecular complexity index is 765. The second-order valence-corrected chi connectivity index (χ2v) is 7.02. The number of hydrogen-bond acceptors (Lipinski definition) is 4. The first kappa shape index (κ1) is 22.7. The van der Waals surface area contributed by atoms with Gasteiger partial charge in [-0.2, -0.15) is 0 Å². The number of aryl methyl sites for hydroxylation is 2. The van der Waals surface area contributed by atoms with Crippen LogP contribution < -0.4 is 16.0 Å². The zero-order valence-electron chi connectivity index (χ0n) is 14.9. The monoisotopic (exact) mass is 507 g/mol. The van der Waals surface area contributed by atoms with Crippen LogP contribution in [0.3, 0.4) is 0 Å². The van der Waals surface area contributed by atoms with Crippen LogP contribution in [0.2, 0.25) is 5.02 Å². The van der Waals surface area contributed by atoms with Gasteiger partial charge >= 0.3 is 0 Å². The van der Waals surface area contributed by atoms with E-state index in [0.29, 0.717) is 36.2 Å². The lowest BCUT2D eigenvalue weighted by molar-refractivity contribution is 0.0954. The van der Waals surface area contributed by atoms with Gasteiger partial charge in [-0.15, -0.1) is 35.3 Å². The number of aliphatic imine (C=N–C) groups is 1. The Morgan fingerprint density at radius 3 is 2.50 bits per heavy atom. The summed E-state index contributed by atoms with van der Waals surface area (Å²) in [6.45, 7) is 5.68. The first-order chi connectivity index (χ1) is 12.0. The number of carbonyl (C=O) groups is 1. The first-order valence-electron chi connectivity index (χ1n) is 7.91. The summed E-state index contributed by atoms with van der Waals surface area (Å²) in [5.41, 5.74) is 1.51. The molecule has 0 saturated carbocycles. The Morgan fingerprint density at radius 1 is 1.19 bits per heavy atom. The Labute approximate surface area is 179 Å². The molecule has 0 atom stereocenters. The third-order valence-electron chi connectivity index (χ3n) is 3.46. The van der Waals surface area contributed by atoms with Gasteiger partial charge in [0.25, 0.3) is 5.91 Å². The highest BCUT2D eigenvalue weighted by Crippen LogP contribution is 2.16. The van der Waals surface area contributed by atoms with E-state index in [1.165, 1.54) is 4.88 Å².